The second-order valence-corrected chi connectivity index (χ2v) is 9.16. The summed E-state index contributed by atoms with van der Waals surface area (Å²) in [4.78, 5) is 11.8. The highest BCUT2D eigenvalue weighted by Crippen LogP contribution is 2.24. The van der Waals surface area contributed by atoms with E-state index in [0.29, 0.717) is 0 Å². The van der Waals surface area contributed by atoms with Crippen molar-refractivity contribution in [3.8, 4) is 0 Å². The summed E-state index contributed by atoms with van der Waals surface area (Å²) < 4.78 is 30.6. The third-order valence-corrected chi connectivity index (χ3v) is 6.22. The molecule has 1 amide bonds. The van der Waals surface area contributed by atoms with Crippen molar-refractivity contribution in [3.05, 3.63) is 42.0 Å². The molecule has 0 aromatic heterocycles. The Morgan fingerprint density at radius 3 is 2.16 bits per heavy atom. The Kier molecular flexibility index (Phi) is 7.67. The Morgan fingerprint density at radius 2 is 1.72 bits per heavy atom. The number of hydrogen-bond acceptors (Lipinski definition) is 4. The molecule has 0 aliphatic heterocycles. The van der Waals surface area contributed by atoms with Crippen molar-refractivity contribution in [2.45, 2.75) is 52.0 Å². The van der Waals surface area contributed by atoms with E-state index in [1.807, 2.05) is 26.0 Å². The topological polar surface area (TPSA) is 72.5 Å². The summed E-state index contributed by atoms with van der Waals surface area (Å²) in [6.07, 6.45) is 0.862. The first-order valence-electron chi connectivity index (χ1n) is 8.48. The van der Waals surface area contributed by atoms with Gasteiger partial charge in [-0.25, -0.2) is 13.2 Å². The van der Waals surface area contributed by atoms with Crippen LogP contribution in [0.5, 0.6) is 0 Å². The first-order valence-corrected chi connectivity index (χ1v) is 10.2. The number of rotatable bonds is 8. The van der Waals surface area contributed by atoms with Crippen molar-refractivity contribution in [3.63, 3.8) is 0 Å². The summed E-state index contributed by atoms with van der Waals surface area (Å²) in [6, 6.07) is 6.76. The molecule has 0 bridgehead atoms. The van der Waals surface area contributed by atoms with E-state index >= 15 is 0 Å². The van der Waals surface area contributed by atoms with Gasteiger partial charge in [0, 0.05) is 6.04 Å². The highest BCUT2D eigenvalue weighted by atomic mass is 32.2. The molecule has 2 atom stereocenters. The molecule has 0 aliphatic rings. The van der Waals surface area contributed by atoms with E-state index in [2.05, 4.69) is 11.9 Å². The van der Waals surface area contributed by atoms with Gasteiger partial charge in [-0.1, -0.05) is 50.8 Å². The molecule has 0 radical (unpaired) electrons. The van der Waals surface area contributed by atoms with Crippen LogP contribution in [0.2, 0.25) is 0 Å². The molecule has 0 fully saturated rings. The molecule has 0 saturated carbocycles. The average Bonchev–Trinajstić information content (AvgIpc) is 2.52. The normalized spacial score (nSPS) is 14.2. The molecule has 5 nitrogen and oxygen atoms in total. The molecule has 0 saturated heterocycles. The van der Waals surface area contributed by atoms with Crippen LogP contribution >= 0.6 is 0 Å². The number of benzene rings is 1. The van der Waals surface area contributed by atoms with Gasteiger partial charge in [0.05, 0.1) is 17.1 Å². The number of carbonyl (C=O) groups is 1. The smallest absolute Gasteiger partial charge is 0.407 e. The molecule has 1 N–H and O–H groups in total. The van der Waals surface area contributed by atoms with E-state index in [-0.39, 0.29) is 17.8 Å². The van der Waals surface area contributed by atoms with Gasteiger partial charge in [0.15, 0.2) is 9.84 Å². The maximum Gasteiger partial charge on any atom is 0.407 e. The number of hydrogen-bond donors (Lipinski definition) is 1. The van der Waals surface area contributed by atoms with Crippen LogP contribution in [0.15, 0.2) is 30.8 Å². The summed E-state index contributed by atoms with van der Waals surface area (Å²) in [5.74, 6) is -0.174. The van der Waals surface area contributed by atoms with Crippen LogP contribution in [0.3, 0.4) is 0 Å². The monoisotopic (exact) mass is 367 g/mol. The zero-order valence-corrected chi connectivity index (χ0v) is 16.5. The van der Waals surface area contributed by atoms with Crippen molar-refractivity contribution in [2.75, 3.05) is 5.75 Å². The first-order chi connectivity index (χ1) is 11.6. The lowest BCUT2D eigenvalue weighted by atomic mass is 10.1. The summed E-state index contributed by atoms with van der Waals surface area (Å²) in [7, 11) is -3.45. The molecule has 2 unspecified atom stereocenters. The van der Waals surface area contributed by atoms with Gasteiger partial charge < -0.3 is 10.1 Å². The summed E-state index contributed by atoms with van der Waals surface area (Å²) in [6.45, 7) is 12.6. The third kappa shape index (κ3) is 6.53. The molecule has 6 heteroatoms. The van der Waals surface area contributed by atoms with Gasteiger partial charge in [0.25, 0.3) is 0 Å². The fourth-order valence-electron chi connectivity index (χ4n) is 2.31. The summed E-state index contributed by atoms with van der Waals surface area (Å²) >= 11 is 0. The van der Waals surface area contributed by atoms with Crippen LogP contribution in [0.1, 0.15) is 51.0 Å². The summed E-state index contributed by atoms with van der Waals surface area (Å²) in [5, 5.41) is 2.02. The van der Waals surface area contributed by atoms with Crippen LogP contribution in [-0.4, -0.2) is 32.4 Å². The van der Waals surface area contributed by atoms with E-state index in [1.54, 1.807) is 39.0 Å². The Bertz CT molecular complexity index is 678. The van der Waals surface area contributed by atoms with Crippen molar-refractivity contribution in [2.24, 2.45) is 5.92 Å². The zero-order chi connectivity index (χ0) is 19.2. The third-order valence-electron chi connectivity index (χ3n) is 4.04. The molecule has 0 spiro atoms. The Labute approximate surface area is 151 Å². The van der Waals surface area contributed by atoms with Gasteiger partial charge in [0.1, 0.15) is 0 Å². The average molecular weight is 368 g/mol. The highest BCUT2D eigenvalue weighted by molar-refractivity contribution is 7.91. The van der Waals surface area contributed by atoms with Gasteiger partial charge in [-0.05, 0) is 37.8 Å². The van der Waals surface area contributed by atoms with E-state index in [0.717, 1.165) is 11.1 Å². The van der Waals surface area contributed by atoms with E-state index < -0.39 is 27.2 Å². The molecule has 0 heterocycles. The molecule has 1 aromatic rings. The number of amides is 1. The highest BCUT2D eigenvalue weighted by Gasteiger charge is 2.29. The fourth-order valence-corrected chi connectivity index (χ4v) is 4.13. The van der Waals surface area contributed by atoms with Crippen molar-refractivity contribution < 1.29 is 17.9 Å². The second kappa shape index (κ2) is 9.04. The maximum absolute atomic E-state index is 12.8. The largest absolute Gasteiger partial charge is 0.447 e. The van der Waals surface area contributed by atoms with Crippen molar-refractivity contribution in [1.82, 2.24) is 5.32 Å². The van der Waals surface area contributed by atoms with Crippen molar-refractivity contribution >= 4 is 22.0 Å². The van der Waals surface area contributed by atoms with Gasteiger partial charge in [-0.15, -0.1) is 0 Å². The minimum Gasteiger partial charge on any atom is -0.447 e. The lowest BCUT2D eigenvalue weighted by Crippen LogP contribution is -2.44. The van der Waals surface area contributed by atoms with E-state index in [1.165, 1.54) is 0 Å². The molecule has 0 aliphatic carbocycles. The van der Waals surface area contributed by atoms with Gasteiger partial charge in [0.2, 0.25) is 0 Å². The van der Waals surface area contributed by atoms with Crippen molar-refractivity contribution in [1.29, 1.82) is 0 Å². The number of sulfone groups is 1. The van der Waals surface area contributed by atoms with Gasteiger partial charge >= 0.3 is 6.09 Å². The molecule has 1 rings (SSSR count). The maximum atomic E-state index is 12.8. The summed E-state index contributed by atoms with van der Waals surface area (Å²) in [5.41, 5.74) is 1.66. The van der Waals surface area contributed by atoms with Gasteiger partial charge in [-0.2, -0.15) is 0 Å². The van der Waals surface area contributed by atoms with Crippen LogP contribution < -0.4 is 5.32 Å². The predicted octanol–water partition coefficient (Wildman–Crippen LogP) is 3.96. The lowest BCUT2D eigenvalue weighted by Gasteiger charge is -2.24. The minimum atomic E-state index is -3.45. The van der Waals surface area contributed by atoms with Crippen LogP contribution in [0.25, 0.3) is 6.08 Å². The quantitative estimate of drug-likeness (QED) is 0.755. The van der Waals surface area contributed by atoms with Gasteiger partial charge in [-0.3, -0.25) is 0 Å². The lowest BCUT2D eigenvalue weighted by molar-refractivity contribution is 0.111. The van der Waals surface area contributed by atoms with E-state index in [4.69, 9.17) is 4.74 Å². The SMILES string of the molecule is C=Cc1ccc(C(C)S(=O)(=O)CC(NC(=O)OC(C)C)C(C)C)cc1. The number of carbonyl (C=O) groups excluding carboxylic acids is 1. The van der Waals surface area contributed by atoms with Crippen LogP contribution in [-0.2, 0) is 14.6 Å². The Morgan fingerprint density at radius 1 is 1.16 bits per heavy atom. The Hall–Kier alpha value is -1.82. The first kappa shape index (κ1) is 21.2. The zero-order valence-electron chi connectivity index (χ0n) is 15.7. The fraction of sp³-hybridized carbons (Fsp3) is 0.526. The Balaban J connectivity index is 2.89. The number of ether oxygens (including phenoxy) is 1. The second-order valence-electron chi connectivity index (χ2n) is 6.79. The molecule has 1 aromatic carbocycles. The van der Waals surface area contributed by atoms with E-state index in [9.17, 15) is 13.2 Å². The molecule has 140 valence electrons. The standard InChI is InChI=1S/C19H29NO4S/c1-7-16-8-10-17(11-9-16)15(6)25(22,23)12-18(13(2)3)20-19(21)24-14(4)5/h7-11,13-15,18H,1,12H2,2-6H3,(H,20,21). The number of nitrogens with one attached hydrogen (secondary N) is 1. The molecule has 25 heavy (non-hydrogen) atoms. The molecular formula is C19H29NO4S. The predicted molar refractivity (Wildman–Crippen MR) is 102 cm³/mol. The molecular weight excluding hydrogens is 338 g/mol. The van der Waals surface area contributed by atoms with Crippen LogP contribution in [0.4, 0.5) is 4.79 Å². The number of alkyl carbamates (subject to hydrolysis) is 1. The minimum absolute atomic E-state index is 0.0372. The van der Waals surface area contributed by atoms with Crippen LogP contribution in [0, 0.1) is 5.92 Å².